The van der Waals surface area contributed by atoms with Gasteiger partial charge in [-0.1, -0.05) is 12.1 Å². The summed E-state index contributed by atoms with van der Waals surface area (Å²) >= 11 is 0. The van der Waals surface area contributed by atoms with Crippen molar-refractivity contribution in [1.82, 2.24) is 14.9 Å². The number of ether oxygens (including phenoxy) is 2. The van der Waals surface area contributed by atoms with Crippen molar-refractivity contribution in [3.8, 4) is 11.5 Å². The lowest BCUT2D eigenvalue weighted by Gasteiger charge is -2.33. The molecule has 3 atom stereocenters. The zero-order valence-electron chi connectivity index (χ0n) is 13.9. The number of nitrogens with one attached hydrogen (secondary N) is 1. The van der Waals surface area contributed by atoms with Gasteiger partial charge in [0, 0.05) is 25.2 Å². The van der Waals surface area contributed by atoms with Crippen molar-refractivity contribution in [1.29, 1.82) is 0 Å². The molecule has 24 heavy (non-hydrogen) atoms. The predicted octanol–water partition coefficient (Wildman–Crippen LogP) is 1.85. The van der Waals surface area contributed by atoms with Crippen molar-refractivity contribution in [2.75, 3.05) is 0 Å². The SMILES string of the molecule is Cc1cn2c(n1)CC[C@H](NC(=O)[C@H]1Oc3ccccc3O[C@@H]1C)C2. The van der Waals surface area contributed by atoms with Crippen molar-refractivity contribution >= 4 is 5.91 Å². The first-order valence-corrected chi connectivity index (χ1v) is 8.35. The molecule has 2 aliphatic rings. The number of hydrogen-bond donors (Lipinski definition) is 1. The Morgan fingerprint density at radius 2 is 2.04 bits per heavy atom. The summed E-state index contributed by atoms with van der Waals surface area (Å²) in [5.74, 6) is 2.27. The number of hydrogen-bond acceptors (Lipinski definition) is 4. The van der Waals surface area contributed by atoms with Gasteiger partial charge in [-0.15, -0.1) is 0 Å². The van der Waals surface area contributed by atoms with Gasteiger partial charge in [0.05, 0.1) is 5.69 Å². The highest BCUT2D eigenvalue weighted by molar-refractivity contribution is 5.82. The fourth-order valence-electron chi connectivity index (χ4n) is 3.39. The van der Waals surface area contributed by atoms with Crippen LogP contribution in [0.15, 0.2) is 30.5 Å². The van der Waals surface area contributed by atoms with Crippen LogP contribution in [0.1, 0.15) is 24.9 Å². The normalized spacial score (nSPS) is 25.0. The Balaban J connectivity index is 1.43. The second-order valence-electron chi connectivity index (χ2n) is 6.50. The zero-order valence-corrected chi connectivity index (χ0v) is 13.9. The van der Waals surface area contributed by atoms with Gasteiger partial charge in [0.25, 0.3) is 5.91 Å². The van der Waals surface area contributed by atoms with E-state index < -0.39 is 6.10 Å². The number of imidazole rings is 1. The molecule has 0 radical (unpaired) electrons. The lowest BCUT2D eigenvalue weighted by atomic mass is 10.1. The van der Waals surface area contributed by atoms with E-state index in [0.29, 0.717) is 11.5 Å². The highest BCUT2D eigenvalue weighted by Crippen LogP contribution is 2.33. The van der Waals surface area contributed by atoms with Gasteiger partial charge < -0.3 is 19.4 Å². The molecular formula is C18H21N3O3. The van der Waals surface area contributed by atoms with Gasteiger partial charge >= 0.3 is 0 Å². The fraction of sp³-hybridized carbons (Fsp3) is 0.444. The molecule has 2 aliphatic heterocycles. The smallest absolute Gasteiger partial charge is 0.265 e. The van der Waals surface area contributed by atoms with Crippen molar-refractivity contribution in [2.24, 2.45) is 0 Å². The highest BCUT2D eigenvalue weighted by Gasteiger charge is 2.35. The maximum atomic E-state index is 12.7. The maximum absolute atomic E-state index is 12.7. The monoisotopic (exact) mass is 327 g/mol. The third kappa shape index (κ3) is 2.72. The van der Waals surface area contributed by atoms with Crippen LogP contribution < -0.4 is 14.8 Å². The molecule has 0 unspecified atom stereocenters. The molecular weight excluding hydrogens is 306 g/mol. The fourth-order valence-corrected chi connectivity index (χ4v) is 3.39. The van der Waals surface area contributed by atoms with Gasteiger partial charge in [0.15, 0.2) is 11.5 Å². The summed E-state index contributed by atoms with van der Waals surface area (Å²) in [6.07, 6.45) is 2.84. The Morgan fingerprint density at radius 3 is 2.83 bits per heavy atom. The Kier molecular flexibility index (Phi) is 3.67. The summed E-state index contributed by atoms with van der Waals surface area (Å²) in [5.41, 5.74) is 1.02. The molecule has 126 valence electrons. The lowest BCUT2D eigenvalue weighted by Crippen LogP contribution is -2.52. The molecule has 0 saturated heterocycles. The van der Waals surface area contributed by atoms with E-state index in [4.69, 9.17) is 9.47 Å². The third-order valence-electron chi connectivity index (χ3n) is 4.56. The van der Waals surface area contributed by atoms with E-state index in [-0.39, 0.29) is 18.1 Å². The number of nitrogens with zero attached hydrogens (tertiary/aromatic N) is 2. The van der Waals surface area contributed by atoms with E-state index in [0.717, 1.165) is 30.9 Å². The number of benzene rings is 1. The second-order valence-corrected chi connectivity index (χ2v) is 6.50. The van der Waals surface area contributed by atoms with E-state index in [2.05, 4.69) is 14.9 Å². The van der Waals surface area contributed by atoms with Crippen molar-refractivity contribution < 1.29 is 14.3 Å². The highest BCUT2D eigenvalue weighted by atomic mass is 16.6. The number of fused-ring (bicyclic) bond motifs is 2. The van der Waals surface area contributed by atoms with E-state index >= 15 is 0 Å². The number of carbonyl (C=O) groups is 1. The summed E-state index contributed by atoms with van der Waals surface area (Å²) in [6.45, 7) is 4.60. The number of para-hydroxylation sites is 2. The van der Waals surface area contributed by atoms with Gasteiger partial charge in [-0.25, -0.2) is 4.98 Å². The summed E-state index contributed by atoms with van der Waals surface area (Å²) < 4.78 is 13.8. The second kappa shape index (κ2) is 5.85. The Labute approximate surface area is 140 Å². The Bertz CT molecular complexity index is 771. The molecule has 3 heterocycles. The van der Waals surface area contributed by atoms with Gasteiger partial charge in [-0.05, 0) is 32.4 Å². The van der Waals surface area contributed by atoms with Crippen molar-refractivity contribution in [2.45, 2.75) is 51.5 Å². The minimum absolute atomic E-state index is 0.0894. The Morgan fingerprint density at radius 1 is 1.29 bits per heavy atom. The molecule has 0 saturated carbocycles. The maximum Gasteiger partial charge on any atom is 0.265 e. The van der Waals surface area contributed by atoms with E-state index in [9.17, 15) is 4.79 Å². The van der Waals surface area contributed by atoms with Crippen LogP contribution in [-0.4, -0.2) is 33.7 Å². The summed E-state index contributed by atoms with van der Waals surface area (Å²) in [6, 6.07) is 7.53. The molecule has 0 fully saturated rings. The van der Waals surface area contributed by atoms with Crippen LogP contribution in [0.3, 0.4) is 0 Å². The average molecular weight is 327 g/mol. The van der Waals surface area contributed by atoms with Gasteiger partial charge in [-0.2, -0.15) is 0 Å². The van der Waals surface area contributed by atoms with E-state index in [1.54, 1.807) is 0 Å². The molecule has 6 nitrogen and oxygen atoms in total. The number of aryl methyl sites for hydroxylation is 2. The largest absolute Gasteiger partial charge is 0.482 e. The topological polar surface area (TPSA) is 65.4 Å². The third-order valence-corrected chi connectivity index (χ3v) is 4.56. The van der Waals surface area contributed by atoms with Crippen LogP contribution in [0.25, 0.3) is 0 Å². The number of carbonyl (C=O) groups excluding carboxylic acids is 1. The molecule has 2 aromatic rings. The first-order chi connectivity index (χ1) is 11.6. The molecule has 1 amide bonds. The Hall–Kier alpha value is -2.50. The minimum Gasteiger partial charge on any atom is -0.482 e. The quantitative estimate of drug-likeness (QED) is 0.914. The van der Waals surface area contributed by atoms with E-state index in [1.807, 2.05) is 44.3 Å². The van der Waals surface area contributed by atoms with Gasteiger partial charge in [0.2, 0.25) is 6.10 Å². The molecule has 4 rings (SSSR count). The summed E-state index contributed by atoms with van der Waals surface area (Å²) in [7, 11) is 0. The van der Waals surface area contributed by atoms with Crippen LogP contribution in [-0.2, 0) is 17.8 Å². The molecule has 1 N–H and O–H groups in total. The molecule has 1 aromatic carbocycles. The number of rotatable bonds is 2. The van der Waals surface area contributed by atoms with Crippen molar-refractivity contribution in [3.63, 3.8) is 0 Å². The number of aromatic nitrogens is 2. The van der Waals surface area contributed by atoms with Crippen LogP contribution in [0.4, 0.5) is 0 Å². The van der Waals surface area contributed by atoms with Crippen LogP contribution >= 0.6 is 0 Å². The molecule has 0 bridgehead atoms. The first kappa shape index (κ1) is 15.1. The van der Waals surface area contributed by atoms with Crippen LogP contribution in [0, 0.1) is 6.92 Å². The predicted molar refractivity (Wildman–Crippen MR) is 88.2 cm³/mol. The average Bonchev–Trinajstić information content (AvgIpc) is 2.93. The van der Waals surface area contributed by atoms with Crippen molar-refractivity contribution in [3.05, 3.63) is 42.0 Å². The standard InChI is InChI=1S/C18H21N3O3/c1-11-9-21-10-13(7-8-16(21)19-11)20-18(22)17-12(2)23-14-5-3-4-6-15(14)24-17/h3-6,9,12-13,17H,7-8,10H2,1-2H3,(H,20,22)/t12-,13+,17+/m1/s1. The van der Waals surface area contributed by atoms with Crippen LogP contribution in [0.2, 0.25) is 0 Å². The van der Waals surface area contributed by atoms with E-state index in [1.165, 1.54) is 0 Å². The summed E-state index contributed by atoms with van der Waals surface area (Å²) in [4.78, 5) is 17.2. The number of amides is 1. The molecule has 0 spiro atoms. The van der Waals surface area contributed by atoms with Gasteiger partial charge in [-0.3, -0.25) is 4.79 Å². The summed E-state index contributed by atoms with van der Waals surface area (Å²) in [5, 5.41) is 3.11. The van der Waals surface area contributed by atoms with Crippen LogP contribution in [0.5, 0.6) is 11.5 Å². The molecule has 1 aromatic heterocycles. The van der Waals surface area contributed by atoms with Gasteiger partial charge in [0.1, 0.15) is 11.9 Å². The first-order valence-electron chi connectivity index (χ1n) is 8.35. The molecule has 6 heteroatoms. The molecule has 0 aliphatic carbocycles. The lowest BCUT2D eigenvalue weighted by molar-refractivity contribution is -0.134. The minimum atomic E-state index is -0.633. The zero-order chi connectivity index (χ0) is 16.7.